The highest BCUT2D eigenvalue weighted by Crippen LogP contribution is 2.69. The van der Waals surface area contributed by atoms with Gasteiger partial charge in [-0.25, -0.2) is 0 Å². The highest BCUT2D eigenvalue weighted by molar-refractivity contribution is 5.73. The lowest BCUT2D eigenvalue weighted by atomic mass is 9.44. The Hall–Kier alpha value is -1.30. The van der Waals surface area contributed by atoms with Crippen LogP contribution in [0.3, 0.4) is 0 Å². The summed E-state index contributed by atoms with van der Waals surface area (Å²) in [6.07, 6.45) is 6.23. The first-order valence-electron chi connectivity index (χ1n) is 18.6. The Morgan fingerprint density at radius 1 is 0.957 bits per heavy atom. The number of aliphatic hydroxyl groups is 4. The van der Waals surface area contributed by atoms with Crippen LogP contribution >= 0.6 is 0 Å². The molecule has 1 amide bonds. The standard InChI is InChI=1S/C37H63NO9/c1-20(19-45-23(4)41)8-7-9-21(2)28-17-29(46-35-32(38-22(3)40)34(44)33(43)30(18-39)47-35)31-26-11-10-24-16-25(42)12-14-36(24,5)27(26)13-15-37(28,31)6/h20-21,24-35,39,42-44H,7-19H2,1-6H3,(H,38,40)/t20-,21-,24+,25-,26-,27?,28-,29+,30-,31?,32-,33-,34-,35-,36+,37-/m1/s1. The average Bonchev–Trinajstić information content (AvgIpc) is 3.31. The Morgan fingerprint density at radius 3 is 2.36 bits per heavy atom. The number of hydrogen-bond acceptors (Lipinski definition) is 9. The number of fused-ring (bicyclic) bond motifs is 5. The SMILES string of the molecule is CC(=O)N[C@H]1[C@H](O[C@H]2C[C@H]([C@H](C)CCC[C@@H](C)COC(C)=O)[C@@]3(C)CCC4[C@@H](CC[C@H]5C[C@H](O)CC[C@]45C)C23)O[C@H](CO)[C@@H](O)[C@@H]1O. The topological polar surface area (TPSA) is 155 Å². The Labute approximate surface area is 281 Å². The smallest absolute Gasteiger partial charge is 0.302 e. The summed E-state index contributed by atoms with van der Waals surface area (Å²) >= 11 is 0. The molecule has 0 spiro atoms. The molecule has 0 bridgehead atoms. The molecular formula is C37H63NO9. The molecule has 5 rings (SSSR count). The van der Waals surface area contributed by atoms with Crippen LogP contribution in [-0.4, -0.2) is 88.4 Å². The van der Waals surface area contributed by atoms with Crippen molar-refractivity contribution in [1.82, 2.24) is 5.32 Å². The fraction of sp³-hybridized carbons (Fsp3) is 0.946. The quantitative estimate of drug-likeness (QED) is 0.206. The van der Waals surface area contributed by atoms with Crippen molar-refractivity contribution in [3.63, 3.8) is 0 Å². The second-order valence-electron chi connectivity index (χ2n) is 16.8. The summed E-state index contributed by atoms with van der Waals surface area (Å²) < 4.78 is 18.3. The molecular weight excluding hydrogens is 602 g/mol. The van der Waals surface area contributed by atoms with Gasteiger partial charge in [0.1, 0.15) is 24.4 Å². The van der Waals surface area contributed by atoms with Crippen LogP contribution in [0.2, 0.25) is 0 Å². The van der Waals surface area contributed by atoms with E-state index in [-0.39, 0.29) is 40.8 Å². The maximum Gasteiger partial charge on any atom is 0.302 e. The molecule has 5 N–H and O–H groups in total. The van der Waals surface area contributed by atoms with Crippen LogP contribution in [0.4, 0.5) is 0 Å². The van der Waals surface area contributed by atoms with Gasteiger partial charge in [-0.05, 0) is 110 Å². The molecule has 1 saturated heterocycles. The van der Waals surface area contributed by atoms with Gasteiger partial charge in [-0.15, -0.1) is 0 Å². The first kappa shape index (κ1) is 37.0. The molecule has 4 aliphatic carbocycles. The second kappa shape index (κ2) is 14.9. The summed E-state index contributed by atoms with van der Waals surface area (Å²) in [5, 5.41) is 45.0. The van der Waals surface area contributed by atoms with Crippen LogP contribution in [0, 0.1) is 52.3 Å². The highest BCUT2D eigenvalue weighted by atomic mass is 16.7. The molecule has 1 aliphatic heterocycles. The number of carbonyl (C=O) groups is 2. The van der Waals surface area contributed by atoms with Gasteiger partial charge in [0.2, 0.25) is 5.91 Å². The summed E-state index contributed by atoms with van der Waals surface area (Å²) in [6.45, 7) is 12.3. The molecule has 0 radical (unpaired) electrons. The van der Waals surface area contributed by atoms with E-state index in [0.29, 0.717) is 42.1 Å². The zero-order valence-corrected chi connectivity index (χ0v) is 29.6. The number of rotatable bonds is 11. The van der Waals surface area contributed by atoms with E-state index < -0.39 is 37.3 Å². The second-order valence-corrected chi connectivity index (χ2v) is 16.8. The maximum atomic E-state index is 12.2. The third kappa shape index (κ3) is 7.43. The number of ether oxygens (including phenoxy) is 3. The molecule has 5 aliphatic rings. The van der Waals surface area contributed by atoms with Crippen molar-refractivity contribution in [2.75, 3.05) is 13.2 Å². The van der Waals surface area contributed by atoms with Gasteiger partial charge in [-0.2, -0.15) is 0 Å². The zero-order chi connectivity index (χ0) is 34.3. The third-order valence-electron chi connectivity index (χ3n) is 13.8. The number of amides is 1. The molecule has 270 valence electrons. The Balaban J connectivity index is 1.40. The molecule has 4 saturated carbocycles. The monoisotopic (exact) mass is 665 g/mol. The molecule has 1 heterocycles. The van der Waals surface area contributed by atoms with Crippen molar-refractivity contribution >= 4 is 11.9 Å². The molecule has 47 heavy (non-hydrogen) atoms. The number of carbonyl (C=O) groups excluding carboxylic acids is 2. The van der Waals surface area contributed by atoms with Gasteiger partial charge in [0.05, 0.1) is 25.4 Å². The van der Waals surface area contributed by atoms with Crippen LogP contribution in [0.1, 0.15) is 112 Å². The summed E-state index contributed by atoms with van der Waals surface area (Å²) in [5.74, 6) is 2.38. The van der Waals surface area contributed by atoms with Crippen molar-refractivity contribution in [2.45, 2.75) is 155 Å². The lowest BCUT2D eigenvalue weighted by Gasteiger charge is -2.61. The van der Waals surface area contributed by atoms with Crippen LogP contribution in [0.5, 0.6) is 0 Å². The van der Waals surface area contributed by atoms with Crippen LogP contribution in [0.15, 0.2) is 0 Å². The van der Waals surface area contributed by atoms with E-state index in [1.165, 1.54) is 20.3 Å². The van der Waals surface area contributed by atoms with Gasteiger partial charge in [-0.3, -0.25) is 9.59 Å². The minimum Gasteiger partial charge on any atom is -0.466 e. The molecule has 0 aromatic heterocycles. The molecule has 16 atom stereocenters. The first-order valence-corrected chi connectivity index (χ1v) is 18.6. The largest absolute Gasteiger partial charge is 0.466 e. The van der Waals surface area contributed by atoms with E-state index >= 15 is 0 Å². The number of hydrogen-bond donors (Lipinski definition) is 5. The Bertz CT molecular complexity index is 1090. The Kier molecular flexibility index (Phi) is 11.7. The van der Waals surface area contributed by atoms with Gasteiger partial charge < -0.3 is 40.0 Å². The average molecular weight is 666 g/mol. The predicted molar refractivity (Wildman–Crippen MR) is 176 cm³/mol. The third-order valence-corrected chi connectivity index (χ3v) is 13.8. The van der Waals surface area contributed by atoms with E-state index in [2.05, 4.69) is 33.0 Å². The van der Waals surface area contributed by atoms with Crippen LogP contribution in [-0.2, 0) is 23.8 Å². The van der Waals surface area contributed by atoms with E-state index in [4.69, 9.17) is 14.2 Å². The summed E-state index contributed by atoms with van der Waals surface area (Å²) in [4.78, 5) is 23.5. The normalized spacial score (nSPS) is 46.0. The first-order chi connectivity index (χ1) is 22.2. The van der Waals surface area contributed by atoms with E-state index in [1.807, 2.05) is 0 Å². The molecule has 10 nitrogen and oxygen atoms in total. The lowest BCUT2D eigenvalue weighted by molar-refractivity contribution is -0.290. The van der Waals surface area contributed by atoms with Gasteiger partial charge in [0, 0.05) is 13.8 Å². The van der Waals surface area contributed by atoms with E-state index in [0.717, 1.165) is 64.2 Å². The van der Waals surface area contributed by atoms with E-state index in [1.54, 1.807) is 0 Å². The molecule has 5 fully saturated rings. The Morgan fingerprint density at radius 2 is 1.68 bits per heavy atom. The molecule has 0 aromatic carbocycles. The number of esters is 1. The number of nitrogens with one attached hydrogen (secondary N) is 1. The fourth-order valence-electron chi connectivity index (χ4n) is 11.4. The molecule has 0 aromatic rings. The van der Waals surface area contributed by atoms with Gasteiger partial charge in [0.15, 0.2) is 6.29 Å². The number of aliphatic hydroxyl groups excluding tert-OH is 4. The fourth-order valence-corrected chi connectivity index (χ4v) is 11.4. The van der Waals surface area contributed by atoms with Crippen molar-refractivity contribution in [2.24, 2.45) is 52.3 Å². The summed E-state index contributed by atoms with van der Waals surface area (Å²) in [7, 11) is 0. The minimum absolute atomic E-state index is 0.0403. The summed E-state index contributed by atoms with van der Waals surface area (Å²) in [5.41, 5.74) is 0.233. The van der Waals surface area contributed by atoms with Crippen molar-refractivity contribution in [1.29, 1.82) is 0 Å². The molecule has 10 heteroatoms. The van der Waals surface area contributed by atoms with Gasteiger partial charge >= 0.3 is 5.97 Å². The van der Waals surface area contributed by atoms with Crippen molar-refractivity contribution in [3.05, 3.63) is 0 Å². The van der Waals surface area contributed by atoms with Crippen LogP contribution < -0.4 is 5.32 Å². The van der Waals surface area contributed by atoms with Crippen molar-refractivity contribution < 1.29 is 44.2 Å². The zero-order valence-electron chi connectivity index (χ0n) is 29.6. The van der Waals surface area contributed by atoms with Gasteiger partial charge in [0.25, 0.3) is 0 Å². The minimum atomic E-state index is -1.35. The van der Waals surface area contributed by atoms with Gasteiger partial charge in [-0.1, -0.05) is 40.5 Å². The van der Waals surface area contributed by atoms with Crippen LogP contribution in [0.25, 0.3) is 0 Å². The summed E-state index contributed by atoms with van der Waals surface area (Å²) in [6, 6.07) is -0.959. The lowest BCUT2D eigenvalue weighted by Crippen LogP contribution is -2.65. The molecule has 2 unspecified atom stereocenters. The maximum absolute atomic E-state index is 12.2. The van der Waals surface area contributed by atoms with Crippen molar-refractivity contribution in [3.8, 4) is 0 Å². The highest BCUT2D eigenvalue weighted by Gasteiger charge is 2.64. The van der Waals surface area contributed by atoms with E-state index in [9.17, 15) is 30.0 Å². The predicted octanol–water partition coefficient (Wildman–Crippen LogP) is 3.95.